The van der Waals surface area contributed by atoms with Crippen LogP contribution in [0.5, 0.6) is 0 Å². The molecule has 0 aromatic heterocycles. The molecular formula is C10H19NO8. The highest BCUT2D eigenvalue weighted by Crippen LogP contribution is 2.23. The quantitative estimate of drug-likeness (QED) is 0.301. The fourth-order valence-electron chi connectivity index (χ4n) is 1.68. The maximum atomic E-state index is 10.7. The van der Waals surface area contributed by atoms with Gasteiger partial charge in [0.15, 0.2) is 6.29 Å². The Morgan fingerprint density at radius 1 is 1.32 bits per heavy atom. The van der Waals surface area contributed by atoms with E-state index in [1.54, 1.807) is 0 Å². The first-order valence-electron chi connectivity index (χ1n) is 5.74. The van der Waals surface area contributed by atoms with E-state index in [1.165, 1.54) is 6.92 Å². The van der Waals surface area contributed by atoms with E-state index >= 15 is 0 Å². The molecule has 0 aliphatic carbocycles. The van der Waals surface area contributed by atoms with Crippen LogP contribution in [-0.2, 0) is 14.3 Å². The number of hydrogen-bond donors (Lipinski definition) is 6. The largest absolute Gasteiger partial charge is 0.480 e. The summed E-state index contributed by atoms with van der Waals surface area (Å²) >= 11 is 0. The van der Waals surface area contributed by atoms with E-state index < -0.39 is 55.4 Å². The van der Waals surface area contributed by atoms with Crippen molar-refractivity contribution < 1.29 is 39.8 Å². The Labute approximate surface area is 109 Å². The molecule has 1 aliphatic rings. The topological polar surface area (TPSA) is 163 Å². The van der Waals surface area contributed by atoms with E-state index in [9.17, 15) is 20.1 Å². The first kappa shape index (κ1) is 16.2. The zero-order valence-corrected chi connectivity index (χ0v) is 10.3. The highest BCUT2D eigenvalue weighted by atomic mass is 16.7. The molecule has 9 nitrogen and oxygen atoms in total. The molecule has 1 heterocycles. The van der Waals surface area contributed by atoms with Crippen molar-refractivity contribution in [1.29, 1.82) is 0 Å². The number of hydrogen-bond acceptors (Lipinski definition) is 8. The summed E-state index contributed by atoms with van der Waals surface area (Å²) in [7, 11) is 0. The normalized spacial score (nSPS) is 38.7. The maximum absolute atomic E-state index is 10.7. The molecule has 7 atom stereocenters. The summed E-state index contributed by atoms with van der Waals surface area (Å²) in [4.78, 5) is 10.7. The molecule has 0 radical (unpaired) electrons. The minimum atomic E-state index is -1.58. The molecule has 0 bridgehead atoms. The van der Waals surface area contributed by atoms with Gasteiger partial charge in [-0.15, -0.1) is 0 Å². The maximum Gasteiger partial charge on any atom is 0.323 e. The number of ether oxygens (including phenoxy) is 2. The van der Waals surface area contributed by atoms with Crippen molar-refractivity contribution in [2.24, 2.45) is 5.73 Å². The standard InChI is InChI=1S/C10H19NO8/c1-3(5(11)9(16)17)18-10-8(15)7(14)6(13)4(2-12)19-10/h3-8,10,12-15H,2,11H2,1H3,(H,16,17)/t3-,4-,5+,6-,7+,8+,10+/m1/s1. The lowest BCUT2D eigenvalue weighted by molar-refractivity contribution is -0.310. The van der Waals surface area contributed by atoms with Gasteiger partial charge in [0.25, 0.3) is 0 Å². The van der Waals surface area contributed by atoms with E-state index in [1.807, 2.05) is 0 Å². The minimum Gasteiger partial charge on any atom is -0.480 e. The third-order valence-electron chi connectivity index (χ3n) is 2.99. The van der Waals surface area contributed by atoms with Gasteiger partial charge in [0.05, 0.1) is 12.7 Å². The Hall–Kier alpha value is -0.810. The van der Waals surface area contributed by atoms with Gasteiger partial charge in [-0.1, -0.05) is 0 Å². The smallest absolute Gasteiger partial charge is 0.323 e. The Kier molecular flexibility index (Phi) is 5.62. The van der Waals surface area contributed by atoms with Crippen molar-refractivity contribution in [2.75, 3.05) is 6.61 Å². The fourth-order valence-corrected chi connectivity index (χ4v) is 1.68. The molecule has 0 amide bonds. The van der Waals surface area contributed by atoms with Crippen LogP contribution in [0, 0.1) is 0 Å². The van der Waals surface area contributed by atoms with Gasteiger partial charge < -0.3 is 40.7 Å². The summed E-state index contributed by atoms with van der Waals surface area (Å²) < 4.78 is 10.2. The van der Waals surface area contributed by atoms with E-state index in [2.05, 4.69) is 0 Å². The van der Waals surface area contributed by atoms with E-state index in [-0.39, 0.29) is 0 Å². The lowest BCUT2D eigenvalue weighted by atomic mass is 9.99. The Balaban J connectivity index is 2.69. The van der Waals surface area contributed by atoms with Gasteiger partial charge in [0, 0.05) is 0 Å². The second-order valence-corrected chi connectivity index (χ2v) is 4.40. The van der Waals surface area contributed by atoms with Gasteiger partial charge in [-0.2, -0.15) is 0 Å². The SMILES string of the molecule is C[C@@H](O[C@H]1O[C@H](CO)[C@@H](O)[C@H](O)[C@@H]1O)[C@H](N)C(=O)O. The second-order valence-electron chi connectivity index (χ2n) is 4.40. The van der Waals surface area contributed by atoms with Gasteiger partial charge >= 0.3 is 5.97 Å². The number of aliphatic hydroxyl groups is 4. The number of carboxylic acids is 1. The van der Waals surface area contributed by atoms with Crippen molar-refractivity contribution in [3.05, 3.63) is 0 Å². The molecule has 0 spiro atoms. The molecule has 19 heavy (non-hydrogen) atoms. The van der Waals surface area contributed by atoms with Crippen LogP contribution in [-0.4, -0.2) is 81.0 Å². The molecule has 7 N–H and O–H groups in total. The molecule has 9 heteroatoms. The van der Waals surface area contributed by atoms with Crippen LogP contribution >= 0.6 is 0 Å². The predicted molar refractivity (Wildman–Crippen MR) is 59.9 cm³/mol. The summed E-state index contributed by atoms with van der Waals surface area (Å²) in [5.41, 5.74) is 5.33. The summed E-state index contributed by atoms with van der Waals surface area (Å²) in [5.74, 6) is -1.29. The molecule has 1 fully saturated rings. The first-order valence-corrected chi connectivity index (χ1v) is 5.74. The summed E-state index contributed by atoms with van der Waals surface area (Å²) in [6, 6.07) is -1.34. The highest BCUT2D eigenvalue weighted by molar-refractivity contribution is 5.73. The number of aliphatic hydroxyl groups excluding tert-OH is 4. The third kappa shape index (κ3) is 3.60. The Morgan fingerprint density at radius 3 is 2.37 bits per heavy atom. The number of nitrogens with two attached hydrogens (primary N) is 1. The molecule has 0 aromatic rings. The number of rotatable bonds is 5. The number of aliphatic carboxylic acids is 1. The average molecular weight is 281 g/mol. The Morgan fingerprint density at radius 2 is 1.89 bits per heavy atom. The van der Waals surface area contributed by atoms with Crippen LogP contribution in [0.25, 0.3) is 0 Å². The van der Waals surface area contributed by atoms with Crippen molar-refractivity contribution in [2.45, 2.75) is 49.8 Å². The fraction of sp³-hybridized carbons (Fsp3) is 0.900. The molecule has 0 unspecified atom stereocenters. The summed E-state index contributed by atoms with van der Waals surface area (Å²) in [5, 5.41) is 46.4. The molecule has 112 valence electrons. The average Bonchev–Trinajstić information content (AvgIpc) is 2.38. The Bertz CT molecular complexity index is 312. The van der Waals surface area contributed by atoms with Gasteiger partial charge in [-0.05, 0) is 6.92 Å². The van der Waals surface area contributed by atoms with Crippen LogP contribution in [0.3, 0.4) is 0 Å². The molecule has 1 rings (SSSR count). The minimum absolute atomic E-state index is 0.593. The van der Waals surface area contributed by atoms with Gasteiger partial charge in [0.1, 0.15) is 30.5 Å². The zero-order chi connectivity index (χ0) is 14.7. The first-order chi connectivity index (χ1) is 8.79. The van der Waals surface area contributed by atoms with Crippen LogP contribution in [0.1, 0.15) is 6.92 Å². The monoisotopic (exact) mass is 281 g/mol. The lowest BCUT2D eigenvalue weighted by Crippen LogP contribution is -2.60. The molecule has 1 aliphatic heterocycles. The molecular weight excluding hydrogens is 262 g/mol. The number of carbonyl (C=O) groups is 1. The predicted octanol–water partition coefficient (Wildman–Crippen LogP) is -3.40. The van der Waals surface area contributed by atoms with Crippen LogP contribution in [0.2, 0.25) is 0 Å². The van der Waals surface area contributed by atoms with E-state index in [0.717, 1.165) is 0 Å². The van der Waals surface area contributed by atoms with Crippen molar-refractivity contribution in [3.63, 3.8) is 0 Å². The van der Waals surface area contributed by atoms with Crippen molar-refractivity contribution in [1.82, 2.24) is 0 Å². The van der Waals surface area contributed by atoms with Gasteiger partial charge in [-0.3, -0.25) is 4.79 Å². The highest BCUT2D eigenvalue weighted by Gasteiger charge is 2.45. The summed E-state index contributed by atoms with van der Waals surface area (Å²) in [6.07, 6.45) is -8.17. The van der Waals surface area contributed by atoms with Crippen LogP contribution in [0.15, 0.2) is 0 Å². The second kappa shape index (κ2) is 6.57. The van der Waals surface area contributed by atoms with Gasteiger partial charge in [-0.25, -0.2) is 0 Å². The van der Waals surface area contributed by atoms with Crippen LogP contribution < -0.4 is 5.73 Å². The lowest BCUT2D eigenvalue weighted by Gasteiger charge is -2.40. The molecule has 1 saturated heterocycles. The van der Waals surface area contributed by atoms with Crippen molar-refractivity contribution in [3.8, 4) is 0 Å². The van der Waals surface area contributed by atoms with E-state index in [0.29, 0.717) is 0 Å². The van der Waals surface area contributed by atoms with E-state index in [4.69, 9.17) is 25.4 Å². The molecule has 0 saturated carbocycles. The number of carboxylic acid groups (broad SMARTS) is 1. The third-order valence-corrected chi connectivity index (χ3v) is 2.99. The van der Waals surface area contributed by atoms with Crippen molar-refractivity contribution >= 4 is 5.97 Å². The zero-order valence-electron chi connectivity index (χ0n) is 10.3. The molecule has 0 aromatic carbocycles. The van der Waals surface area contributed by atoms with Crippen LogP contribution in [0.4, 0.5) is 0 Å². The van der Waals surface area contributed by atoms with Gasteiger partial charge in [0.2, 0.25) is 0 Å². The summed E-state index contributed by atoms with van der Waals surface area (Å²) in [6.45, 7) is 0.768.